The zero-order valence-electron chi connectivity index (χ0n) is 17.1. The number of hydrazone groups is 1. The number of nitrogens with one attached hydrogen (secondary N) is 1. The van der Waals surface area contributed by atoms with Crippen molar-refractivity contribution in [2.45, 2.75) is 6.92 Å². The Morgan fingerprint density at radius 1 is 1.33 bits per heavy atom. The quantitative estimate of drug-likeness (QED) is 0.249. The van der Waals surface area contributed by atoms with Gasteiger partial charge in [0.25, 0.3) is 5.91 Å². The maximum atomic E-state index is 12.9. The van der Waals surface area contributed by atoms with E-state index in [9.17, 15) is 9.90 Å². The Balaban J connectivity index is 1.63. The molecule has 4 N–H and O–H groups in total. The number of hydrogen-bond donors (Lipinski definition) is 3. The summed E-state index contributed by atoms with van der Waals surface area (Å²) in [4.78, 5) is 12.9. The Bertz CT molecular complexity index is 1320. The fourth-order valence-corrected chi connectivity index (χ4v) is 3.39. The van der Waals surface area contributed by atoms with E-state index in [1.807, 2.05) is 6.07 Å². The Kier molecular flexibility index (Phi) is 6.31. The molecule has 0 saturated heterocycles. The van der Waals surface area contributed by atoms with Crippen LogP contribution < -0.4 is 15.9 Å². The van der Waals surface area contributed by atoms with Gasteiger partial charge in [0.05, 0.1) is 17.3 Å². The number of hydrogen-bond acceptors (Lipinski definition) is 10. The number of rotatable bonds is 7. The smallest absolute Gasteiger partial charge is 0.294 e. The van der Waals surface area contributed by atoms with Gasteiger partial charge in [0.2, 0.25) is 11.6 Å². The van der Waals surface area contributed by atoms with Crippen LogP contribution in [0.15, 0.2) is 56.7 Å². The molecule has 0 aliphatic heterocycles. The van der Waals surface area contributed by atoms with Gasteiger partial charge in [-0.2, -0.15) is 9.78 Å². The zero-order chi connectivity index (χ0) is 23.4. The van der Waals surface area contributed by atoms with E-state index in [1.165, 1.54) is 10.9 Å². The molecular formula is C20H17BrN8O4. The summed E-state index contributed by atoms with van der Waals surface area (Å²) in [5.41, 5.74) is 9.76. The Morgan fingerprint density at radius 2 is 2.12 bits per heavy atom. The van der Waals surface area contributed by atoms with Crippen LogP contribution in [0.2, 0.25) is 0 Å². The van der Waals surface area contributed by atoms with Crippen LogP contribution in [0.4, 0.5) is 5.82 Å². The average molecular weight is 513 g/mol. The molecule has 0 bridgehead atoms. The molecule has 0 saturated carbocycles. The van der Waals surface area contributed by atoms with Gasteiger partial charge in [-0.05, 0) is 50.9 Å². The molecule has 2 aromatic heterocycles. The number of aromatic hydroxyl groups is 1. The molecule has 4 aromatic rings. The van der Waals surface area contributed by atoms with Crippen LogP contribution in [-0.2, 0) is 0 Å². The van der Waals surface area contributed by atoms with Crippen molar-refractivity contribution in [2.75, 3.05) is 12.3 Å². The maximum Gasteiger partial charge on any atom is 0.294 e. The molecule has 12 nitrogen and oxygen atoms in total. The highest BCUT2D eigenvalue weighted by Crippen LogP contribution is 2.35. The number of phenols is 1. The van der Waals surface area contributed by atoms with Crippen LogP contribution in [0.5, 0.6) is 11.5 Å². The number of carbonyl (C=O) groups excluding carboxylic acids is 1. The van der Waals surface area contributed by atoms with Crippen LogP contribution in [0.25, 0.3) is 17.1 Å². The summed E-state index contributed by atoms with van der Waals surface area (Å²) in [7, 11) is 0. The Morgan fingerprint density at radius 3 is 2.82 bits per heavy atom. The fourth-order valence-electron chi connectivity index (χ4n) is 2.93. The molecule has 4 rings (SSSR count). The summed E-state index contributed by atoms with van der Waals surface area (Å²) < 4.78 is 11.7. The van der Waals surface area contributed by atoms with Crippen molar-refractivity contribution < 1.29 is 19.3 Å². The monoisotopic (exact) mass is 512 g/mol. The average Bonchev–Trinajstić information content (AvgIpc) is 3.43. The van der Waals surface area contributed by atoms with Crippen LogP contribution in [0.3, 0.4) is 0 Å². The molecule has 0 atom stereocenters. The molecule has 13 heteroatoms. The number of anilines is 1. The molecule has 33 heavy (non-hydrogen) atoms. The summed E-state index contributed by atoms with van der Waals surface area (Å²) in [5.74, 6) is -0.267. The minimum Gasteiger partial charge on any atom is -0.503 e. The lowest BCUT2D eigenvalue weighted by molar-refractivity contribution is 0.0950. The van der Waals surface area contributed by atoms with Gasteiger partial charge in [-0.3, -0.25) is 4.79 Å². The first kappa shape index (κ1) is 22.0. The number of carbonyl (C=O) groups is 1. The van der Waals surface area contributed by atoms with Crippen molar-refractivity contribution in [2.24, 2.45) is 5.10 Å². The van der Waals surface area contributed by atoms with Crippen LogP contribution in [0.1, 0.15) is 23.0 Å². The second kappa shape index (κ2) is 9.48. The molecule has 0 radical (unpaired) electrons. The van der Waals surface area contributed by atoms with Gasteiger partial charge in [-0.1, -0.05) is 35.5 Å². The van der Waals surface area contributed by atoms with Gasteiger partial charge in [0.15, 0.2) is 17.2 Å². The summed E-state index contributed by atoms with van der Waals surface area (Å²) in [6.07, 6.45) is 1.40. The highest BCUT2D eigenvalue weighted by molar-refractivity contribution is 9.10. The van der Waals surface area contributed by atoms with Crippen LogP contribution in [0, 0.1) is 0 Å². The third-order valence-corrected chi connectivity index (χ3v) is 4.96. The van der Waals surface area contributed by atoms with Crippen molar-refractivity contribution in [3.8, 4) is 28.6 Å². The predicted octanol–water partition coefficient (Wildman–Crippen LogP) is 2.53. The minimum absolute atomic E-state index is 0.00919. The van der Waals surface area contributed by atoms with E-state index in [1.54, 1.807) is 43.3 Å². The lowest BCUT2D eigenvalue weighted by atomic mass is 10.1. The lowest BCUT2D eigenvalue weighted by Crippen LogP contribution is -2.19. The molecule has 0 aliphatic carbocycles. The minimum atomic E-state index is -0.616. The normalized spacial score (nSPS) is 11.1. The molecule has 1 amide bonds. The Hall–Kier alpha value is -4.26. The third-order valence-electron chi connectivity index (χ3n) is 4.36. The first-order valence-electron chi connectivity index (χ1n) is 9.57. The van der Waals surface area contributed by atoms with Gasteiger partial charge in [0.1, 0.15) is 5.69 Å². The van der Waals surface area contributed by atoms with E-state index >= 15 is 0 Å². The van der Waals surface area contributed by atoms with Crippen LogP contribution in [-0.4, -0.2) is 49.1 Å². The number of ether oxygens (including phenoxy) is 1. The van der Waals surface area contributed by atoms with Gasteiger partial charge >= 0.3 is 0 Å². The molecule has 0 fully saturated rings. The van der Waals surface area contributed by atoms with Crippen LogP contribution >= 0.6 is 15.9 Å². The molecule has 0 spiro atoms. The Labute approximate surface area is 195 Å². The standard InChI is InChI=1S/C20H17BrN8O4/c1-2-32-14-9-11(8-13(21)17(14)30)10-23-25-20(31)15-16(12-6-4-3-5-7-12)29(28-24-15)19-18(22)26-33-27-19/h3-10,30H,2H2,1H3,(H2,22,26)(H,25,31)/b23-10-. The van der Waals surface area contributed by atoms with E-state index < -0.39 is 5.91 Å². The zero-order valence-corrected chi connectivity index (χ0v) is 18.7. The number of aromatic nitrogens is 5. The van der Waals surface area contributed by atoms with Crippen molar-refractivity contribution in [3.63, 3.8) is 0 Å². The summed E-state index contributed by atoms with van der Waals surface area (Å²) in [6.45, 7) is 2.18. The SMILES string of the molecule is CCOc1cc(/C=N\NC(=O)c2nnn(-c3nonc3N)c2-c2ccccc2)cc(Br)c1O. The lowest BCUT2D eigenvalue weighted by Gasteiger charge is -2.08. The van der Waals surface area contributed by atoms with Gasteiger partial charge < -0.3 is 15.6 Å². The number of nitrogens with two attached hydrogens (primary N) is 1. The second-order valence-corrected chi connectivity index (χ2v) is 7.37. The van der Waals surface area contributed by atoms with Gasteiger partial charge in [-0.25, -0.2) is 10.1 Å². The fraction of sp³-hybridized carbons (Fsp3) is 0.100. The largest absolute Gasteiger partial charge is 0.503 e. The van der Waals surface area contributed by atoms with E-state index in [4.69, 9.17) is 10.5 Å². The number of benzene rings is 2. The number of nitrogen functional groups attached to an aromatic ring is 1. The number of halogens is 1. The number of amides is 1. The number of nitrogens with zero attached hydrogens (tertiary/aromatic N) is 6. The summed E-state index contributed by atoms with van der Waals surface area (Å²) >= 11 is 3.26. The van der Waals surface area contributed by atoms with E-state index in [0.29, 0.717) is 27.9 Å². The molecule has 168 valence electrons. The summed E-state index contributed by atoms with van der Waals surface area (Å²) in [5, 5.41) is 29.3. The van der Waals surface area contributed by atoms with Crippen molar-refractivity contribution in [1.29, 1.82) is 0 Å². The molecule has 2 heterocycles. The molecule has 0 unspecified atom stereocenters. The second-order valence-electron chi connectivity index (χ2n) is 6.52. The van der Waals surface area contributed by atoms with E-state index in [2.05, 4.69) is 51.7 Å². The predicted molar refractivity (Wildman–Crippen MR) is 121 cm³/mol. The highest BCUT2D eigenvalue weighted by Gasteiger charge is 2.25. The van der Waals surface area contributed by atoms with E-state index in [-0.39, 0.29) is 28.8 Å². The van der Waals surface area contributed by atoms with Crippen molar-refractivity contribution in [1.82, 2.24) is 30.7 Å². The van der Waals surface area contributed by atoms with Gasteiger partial charge in [0, 0.05) is 5.56 Å². The number of phenolic OH excluding ortho intramolecular Hbond substituents is 1. The summed E-state index contributed by atoms with van der Waals surface area (Å²) in [6, 6.07) is 12.2. The topological polar surface area (TPSA) is 167 Å². The molecule has 2 aromatic carbocycles. The first-order valence-corrected chi connectivity index (χ1v) is 10.4. The highest BCUT2D eigenvalue weighted by atomic mass is 79.9. The van der Waals surface area contributed by atoms with Crippen molar-refractivity contribution >= 4 is 33.9 Å². The molecule has 0 aliphatic rings. The van der Waals surface area contributed by atoms with Crippen molar-refractivity contribution in [3.05, 3.63) is 58.2 Å². The van der Waals surface area contributed by atoms with E-state index in [0.717, 1.165) is 0 Å². The molecular weight excluding hydrogens is 496 g/mol. The maximum absolute atomic E-state index is 12.9. The van der Waals surface area contributed by atoms with Gasteiger partial charge in [-0.15, -0.1) is 5.10 Å². The first-order chi connectivity index (χ1) is 16.0. The third kappa shape index (κ3) is 4.52.